The van der Waals surface area contributed by atoms with Crippen molar-refractivity contribution in [1.29, 1.82) is 0 Å². The van der Waals surface area contributed by atoms with Crippen LogP contribution in [0.4, 0.5) is 0 Å². The number of nitrogens with zero attached hydrogens (tertiary/aromatic N) is 4. The van der Waals surface area contributed by atoms with Crippen molar-refractivity contribution in [2.75, 3.05) is 6.54 Å². The van der Waals surface area contributed by atoms with E-state index in [1.54, 1.807) is 4.52 Å². The third-order valence-corrected chi connectivity index (χ3v) is 4.29. The predicted molar refractivity (Wildman–Crippen MR) is 84.9 cm³/mol. The van der Waals surface area contributed by atoms with Crippen molar-refractivity contribution in [2.45, 2.75) is 26.2 Å². The molecule has 0 fully saturated rings. The van der Waals surface area contributed by atoms with Gasteiger partial charge in [-0.25, -0.2) is 0 Å². The van der Waals surface area contributed by atoms with Gasteiger partial charge in [0.15, 0.2) is 5.82 Å². The van der Waals surface area contributed by atoms with Gasteiger partial charge in [-0.1, -0.05) is 41.7 Å². The fraction of sp³-hybridized carbons (Fsp3) is 0.333. The number of benzene rings is 1. The molecule has 0 spiro atoms. The maximum atomic E-state index is 11.8. The fourth-order valence-corrected chi connectivity index (χ4v) is 3.03. The Bertz CT molecular complexity index is 765. The van der Waals surface area contributed by atoms with Crippen molar-refractivity contribution in [3.63, 3.8) is 0 Å². The van der Waals surface area contributed by atoms with Crippen LogP contribution in [0.5, 0.6) is 0 Å². The Hall–Kier alpha value is -2.28. The number of aromatic nitrogens is 4. The molecular weight excluding hydrogens is 298 g/mol. The second-order valence-corrected chi connectivity index (χ2v) is 6.06. The smallest absolute Gasteiger partial charge is 0.234 e. The lowest BCUT2D eigenvalue weighted by Crippen LogP contribution is -2.25. The van der Waals surface area contributed by atoms with E-state index < -0.39 is 0 Å². The highest BCUT2D eigenvalue weighted by atomic mass is 32.1. The van der Waals surface area contributed by atoms with Crippen molar-refractivity contribution in [2.24, 2.45) is 0 Å². The normalized spacial score (nSPS) is 11.0. The second kappa shape index (κ2) is 6.65. The Morgan fingerprint density at radius 1 is 1.23 bits per heavy atom. The van der Waals surface area contributed by atoms with Gasteiger partial charge in [0.2, 0.25) is 10.9 Å². The minimum atomic E-state index is 0.0723. The van der Waals surface area contributed by atoms with Gasteiger partial charge in [0.05, 0.1) is 0 Å². The molecule has 0 aliphatic rings. The van der Waals surface area contributed by atoms with Crippen molar-refractivity contribution in [3.8, 4) is 0 Å². The van der Waals surface area contributed by atoms with Gasteiger partial charge < -0.3 is 5.32 Å². The molecule has 3 rings (SSSR count). The van der Waals surface area contributed by atoms with Gasteiger partial charge in [-0.3, -0.25) is 4.79 Å². The Kier molecular flexibility index (Phi) is 4.43. The molecule has 0 saturated heterocycles. The number of hydrogen-bond acceptors (Lipinski definition) is 5. The average Bonchev–Trinajstić information content (AvgIpc) is 3.08. The first-order valence-corrected chi connectivity index (χ1v) is 8.02. The highest BCUT2D eigenvalue weighted by molar-refractivity contribution is 7.16. The summed E-state index contributed by atoms with van der Waals surface area (Å²) >= 11 is 1.51. The molecule has 0 atom stereocenters. The zero-order chi connectivity index (χ0) is 15.4. The molecule has 0 unspecified atom stereocenters. The molecule has 1 N–H and O–H groups in total. The van der Waals surface area contributed by atoms with Crippen LogP contribution in [-0.4, -0.2) is 32.3 Å². The summed E-state index contributed by atoms with van der Waals surface area (Å²) in [4.78, 5) is 12.6. The van der Waals surface area contributed by atoms with Crippen molar-refractivity contribution >= 4 is 22.2 Å². The van der Waals surface area contributed by atoms with E-state index in [0.29, 0.717) is 19.4 Å². The molecule has 22 heavy (non-hydrogen) atoms. The Labute approximate surface area is 132 Å². The fourth-order valence-electron chi connectivity index (χ4n) is 2.16. The zero-order valence-corrected chi connectivity index (χ0v) is 13.1. The number of aryl methyl sites for hydroxylation is 2. The molecule has 2 heterocycles. The van der Waals surface area contributed by atoms with Crippen molar-refractivity contribution in [3.05, 3.63) is 46.7 Å². The first kappa shape index (κ1) is 14.6. The second-order valence-electron chi connectivity index (χ2n) is 5.02. The van der Waals surface area contributed by atoms with Crippen LogP contribution < -0.4 is 5.32 Å². The molecule has 0 aliphatic heterocycles. The van der Waals surface area contributed by atoms with Crippen LogP contribution in [0.1, 0.15) is 22.8 Å². The van der Waals surface area contributed by atoms with E-state index in [0.717, 1.165) is 22.2 Å². The molecule has 6 nitrogen and oxygen atoms in total. The number of nitrogens with one attached hydrogen (secondary N) is 1. The molecule has 1 aromatic carbocycles. The first-order valence-electron chi connectivity index (χ1n) is 7.21. The lowest BCUT2D eigenvalue weighted by Gasteiger charge is -2.04. The molecule has 3 aromatic rings. The lowest BCUT2D eigenvalue weighted by molar-refractivity contribution is -0.121. The van der Waals surface area contributed by atoms with Crippen LogP contribution >= 0.6 is 11.3 Å². The molecule has 1 amide bonds. The summed E-state index contributed by atoms with van der Waals surface area (Å²) in [5.41, 5.74) is 1.18. The number of amides is 1. The van der Waals surface area contributed by atoms with Crippen LogP contribution in [0.2, 0.25) is 0 Å². The average molecular weight is 315 g/mol. The number of carbonyl (C=O) groups is 1. The third-order valence-electron chi connectivity index (χ3n) is 3.33. The summed E-state index contributed by atoms with van der Waals surface area (Å²) in [7, 11) is 0. The maximum absolute atomic E-state index is 11.8. The van der Waals surface area contributed by atoms with Gasteiger partial charge in [-0.05, 0) is 18.9 Å². The van der Waals surface area contributed by atoms with E-state index in [9.17, 15) is 4.79 Å². The molecule has 0 aliphatic carbocycles. The highest BCUT2D eigenvalue weighted by Gasteiger charge is 2.09. The van der Waals surface area contributed by atoms with E-state index in [-0.39, 0.29) is 5.91 Å². The van der Waals surface area contributed by atoms with Gasteiger partial charge >= 0.3 is 0 Å². The number of carbonyl (C=O) groups excluding carboxylic acids is 1. The third kappa shape index (κ3) is 3.48. The molecular formula is C15H17N5OS. The summed E-state index contributed by atoms with van der Waals surface area (Å²) in [6, 6.07) is 10.0. The van der Waals surface area contributed by atoms with E-state index in [2.05, 4.69) is 20.6 Å². The van der Waals surface area contributed by atoms with Crippen LogP contribution in [0.25, 0.3) is 4.96 Å². The molecule has 0 radical (unpaired) electrons. The number of fused-ring (bicyclic) bond motifs is 1. The van der Waals surface area contributed by atoms with Gasteiger partial charge in [0.25, 0.3) is 0 Å². The van der Waals surface area contributed by atoms with Crippen LogP contribution in [-0.2, 0) is 17.6 Å². The number of hydrogen-bond donors (Lipinski definition) is 1. The summed E-state index contributed by atoms with van der Waals surface area (Å²) in [6.07, 6.45) is 1.99. The molecule has 114 valence electrons. The Balaban J connectivity index is 1.43. The largest absolute Gasteiger partial charge is 0.356 e. The molecule has 0 saturated carbocycles. The summed E-state index contributed by atoms with van der Waals surface area (Å²) < 4.78 is 1.73. The highest BCUT2D eigenvalue weighted by Crippen LogP contribution is 2.13. The Morgan fingerprint density at radius 2 is 2.05 bits per heavy atom. The minimum absolute atomic E-state index is 0.0723. The summed E-state index contributed by atoms with van der Waals surface area (Å²) in [5, 5.41) is 16.3. The first-order chi connectivity index (χ1) is 10.7. The van der Waals surface area contributed by atoms with Crippen LogP contribution in [0, 0.1) is 6.92 Å². The van der Waals surface area contributed by atoms with Gasteiger partial charge in [0, 0.05) is 19.4 Å². The van der Waals surface area contributed by atoms with E-state index in [1.165, 1.54) is 16.9 Å². The van der Waals surface area contributed by atoms with Crippen LogP contribution in [0.15, 0.2) is 30.3 Å². The molecule has 7 heteroatoms. The van der Waals surface area contributed by atoms with E-state index in [1.807, 2.05) is 37.3 Å². The maximum Gasteiger partial charge on any atom is 0.234 e. The SMILES string of the molecule is Cc1nnc2sc(CCNC(=O)CCc3ccccc3)nn12. The molecule has 2 aromatic heterocycles. The summed E-state index contributed by atoms with van der Waals surface area (Å²) in [5.74, 6) is 0.854. The van der Waals surface area contributed by atoms with Gasteiger partial charge in [-0.2, -0.15) is 9.61 Å². The number of rotatable bonds is 6. The van der Waals surface area contributed by atoms with E-state index >= 15 is 0 Å². The Morgan fingerprint density at radius 3 is 2.82 bits per heavy atom. The van der Waals surface area contributed by atoms with Crippen molar-refractivity contribution < 1.29 is 4.79 Å². The van der Waals surface area contributed by atoms with E-state index in [4.69, 9.17) is 0 Å². The predicted octanol–water partition coefficient (Wildman–Crippen LogP) is 1.79. The summed E-state index contributed by atoms with van der Waals surface area (Å²) in [6.45, 7) is 2.46. The quantitative estimate of drug-likeness (QED) is 0.752. The lowest BCUT2D eigenvalue weighted by atomic mass is 10.1. The topological polar surface area (TPSA) is 72.2 Å². The molecule has 0 bridgehead atoms. The zero-order valence-electron chi connectivity index (χ0n) is 12.3. The van der Waals surface area contributed by atoms with Gasteiger partial charge in [-0.15, -0.1) is 10.2 Å². The van der Waals surface area contributed by atoms with Crippen LogP contribution in [0.3, 0.4) is 0 Å². The standard InChI is InChI=1S/C15H17N5OS/c1-11-17-18-15-20(11)19-14(22-15)9-10-16-13(21)8-7-12-5-3-2-4-6-12/h2-6H,7-10H2,1H3,(H,16,21). The minimum Gasteiger partial charge on any atom is -0.356 e. The monoisotopic (exact) mass is 315 g/mol. The van der Waals surface area contributed by atoms with Crippen molar-refractivity contribution in [1.82, 2.24) is 25.1 Å². The van der Waals surface area contributed by atoms with Gasteiger partial charge in [0.1, 0.15) is 5.01 Å².